The Morgan fingerprint density at radius 1 is 1.19 bits per heavy atom. The van der Waals surface area contributed by atoms with Gasteiger partial charge in [0, 0.05) is 24.1 Å². The largest absolute Gasteiger partial charge is 0.427 e. The van der Waals surface area contributed by atoms with Crippen LogP contribution in [0.15, 0.2) is 24.3 Å². The van der Waals surface area contributed by atoms with E-state index in [1.54, 1.807) is 0 Å². The maximum absolute atomic E-state index is 13.1. The van der Waals surface area contributed by atoms with Gasteiger partial charge in [-0.3, -0.25) is 9.59 Å². The summed E-state index contributed by atoms with van der Waals surface area (Å²) in [6.07, 6.45) is 3.42. The lowest BCUT2D eigenvalue weighted by molar-refractivity contribution is -0.144. The zero-order valence-electron chi connectivity index (χ0n) is 15.2. The molecule has 3 unspecified atom stereocenters. The summed E-state index contributed by atoms with van der Waals surface area (Å²) in [7, 11) is 0. The molecule has 1 aliphatic carbocycles. The first-order valence-electron chi connectivity index (χ1n) is 9.38. The predicted molar refractivity (Wildman–Crippen MR) is 94.3 cm³/mol. The molecule has 1 spiro atoms. The number of benzene rings is 1. The maximum Gasteiger partial charge on any atom is 0.418 e. The highest BCUT2D eigenvalue weighted by molar-refractivity contribution is 6.06. The molecule has 0 bridgehead atoms. The SMILES string of the molecule is CC1CCCC(C)N1C(=O)CN1C(=O)OC2(CCc3ccccc32)C1=O. The van der Waals surface area contributed by atoms with E-state index in [9.17, 15) is 14.4 Å². The number of ether oxygens (including phenoxy) is 1. The summed E-state index contributed by atoms with van der Waals surface area (Å²) in [4.78, 5) is 41.2. The molecule has 0 N–H and O–H groups in total. The molecule has 1 aromatic rings. The molecule has 0 saturated carbocycles. The molecule has 2 fully saturated rings. The first-order chi connectivity index (χ1) is 12.4. The van der Waals surface area contributed by atoms with Gasteiger partial charge in [-0.25, -0.2) is 9.69 Å². The monoisotopic (exact) mass is 356 g/mol. The summed E-state index contributed by atoms with van der Waals surface area (Å²) >= 11 is 0. The number of amides is 3. The molecule has 6 heteroatoms. The van der Waals surface area contributed by atoms with Gasteiger partial charge in [-0.15, -0.1) is 0 Å². The van der Waals surface area contributed by atoms with Gasteiger partial charge in [-0.05, 0) is 45.1 Å². The minimum absolute atomic E-state index is 0.126. The molecule has 3 atom stereocenters. The van der Waals surface area contributed by atoms with Crippen molar-refractivity contribution in [1.82, 2.24) is 9.80 Å². The Bertz CT molecular complexity index is 767. The normalized spacial score (nSPS) is 30.7. The zero-order valence-corrected chi connectivity index (χ0v) is 15.2. The van der Waals surface area contributed by atoms with Crippen LogP contribution in [0.2, 0.25) is 0 Å². The molecule has 3 aliphatic rings. The van der Waals surface area contributed by atoms with Crippen molar-refractivity contribution in [3.8, 4) is 0 Å². The molecule has 0 aromatic heterocycles. The van der Waals surface area contributed by atoms with E-state index in [0.29, 0.717) is 12.8 Å². The number of fused-ring (bicyclic) bond motifs is 2. The van der Waals surface area contributed by atoms with Crippen LogP contribution in [0, 0.1) is 0 Å². The molecule has 3 amide bonds. The van der Waals surface area contributed by atoms with E-state index in [4.69, 9.17) is 4.74 Å². The Labute approximate surface area is 153 Å². The Kier molecular flexibility index (Phi) is 4.01. The fourth-order valence-corrected chi connectivity index (χ4v) is 4.72. The first-order valence-corrected chi connectivity index (χ1v) is 9.38. The summed E-state index contributed by atoms with van der Waals surface area (Å²) in [5.41, 5.74) is 0.542. The molecule has 6 nitrogen and oxygen atoms in total. The minimum atomic E-state index is -1.24. The van der Waals surface area contributed by atoms with Crippen LogP contribution < -0.4 is 0 Å². The average molecular weight is 356 g/mol. The van der Waals surface area contributed by atoms with Gasteiger partial charge < -0.3 is 9.64 Å². The van der Waals surface area contributed by atoms with Crippen molar-refractivity contribution in [1.29, 1.82) is 0 Å². The summed E-state index contributed by atoms with van der Waals surface area (Å²) < 4.78 is 5.57. The third-order valence-corrected chi connectivity index (χ3v) is 6.05. The van der Waals surface area contributed by atoms with Crippen molar-refractivity contribution < 1.29 is 19.1 Å². The third kappa shape index (κ3) is 2.42. The van der Waals surface area contributed by atoms with Crippen molar-refractivity contribution in [3.05, 3.63) is 35.4 Å². The average Bonchev–Trinajstić information content (AvgIpc) is 3.09. The van der Waals surface area contributed by atoms with E-state index in [1.165, 1.54) is 0 Å². The van der Waals surface area contributed by atoms with Crippen molar-refractivity contribution in [2.45, 2.75) is 63.6 Å². The van der Waals surface area contributed by atoms with Crippen LogP contribution >= 0.6 is 0 Å². The second kappa shape index (κ2) is 6.11. The summed E-state index contributed by atoms with van der Waals surface area (Å²) in [5.74, 6) is -0.587. The van der Waals surface area contributed by atoms with E-state index < -0.39 is 17.6 Å². The second-order valence-electron chi connectivity index (χ2n) is 7.67. The third-order valence-electron chi connectivity index (χ3n) is 6.05. The number of piperidine rings is 1. The fourth-order valence-electron chi connectivity index (χ4n) is 4.72. The predicted octanol–water partition coefficient (Wildman–Crippen LogP) is 2.60. The van der Waals surface area contributed by atoms with Crippen molar-refractivity contribution in [3.63, 3.8) is 0 Å². The number of carbonyl (C=O) groups excluding carboxylic acids is 3. The maximum atomic E-state index is 13.1. The number of imide groups is 1. The number of rotatable bonds is 2. The Morgan fingerprint density at radius 2 is 1.88 bits per heavy atom. The van der Waals surface area contributed by atoms with E-state index >= 15 is 0 Å². The smallest absolute Gasteiger partial charge is 0.418 e. The lowest BCUT2D eigenvalue weighted by atomic mass is 9.95. The van der Waals surface area contributed by atoms with Crippen LogP contribution in [0.25, 0.3) is 0 Å². The van der Waals surface area contributed by atoms with Gasteiger partial charge in [0.2, 0.25) is 11.5 Å². The Hall–Kier alpha value is -2.37. The Morgan fingerprint density at radius 3 is 2.62 bits per heavy atom. The fraction of sp³-hybridized carbons (Fsp3) is 0.550. The number of aryl methyl sites for hydroxylation is 1. The molecule has 26 heavy (non-hydrogen) atoms. The van der Waals surface area contributed by atoms with Crippen molar-refractivity contribution in [2.24, 2.45) is 0 Å². The Balaban J connectivity index is 1.57. The van der Waals surface area contributed by atoms with Gasteiger partial charge in [0.1, 0.15) is 6.54 Å². The highest BCUT2D eigenvalue weighted by atomic mass is 16.6. The van der Waals surface area contributed by atoms with Crippen molar-refractivity contribution >= 4 is 17.9 Å². The number of carbonyl (C=O) groups is 3. The van der Waals surface area contributed by atoms with Gasteiger partial charge in [-0.1, -0.05) is 24.3 Å². The molecule has 2 aliphatic heterocycles. The van der Waals surface area contributed by atoms with Gasteiger partial charge in [0.15, 0.2) is 0 Å². The van der Waals surface area contributed by atoms with Gasteiger partial charge in [0.25, 0.3) is 5.91 Å². The highest BCUT2D eigenvalue weighted by Crippen LogP contribution is 2.45. The highest BCUT2D eigenvalue weighted by Gasteiger charge is 2.58. The van der Waals surface area contributed by atoms with Crippen LogP contribution in [0.4, 0.5) is 4.79 Å². The number of hydrogen-bond donors (Lipinski definition) is 0. The summed E-state index contributed by atoms with van der Waals surface area (Å²) in [6.45, 7) is 3.80. The standard InChI is InChI=1S/C20H24N2O4/c1-13-6-5-7-14(2)22(13)17(23)12-21-18(24)20(26-19(21)25)11-10-15-8-3-4-9-16(15)20/h3-4,8-9,13-14H,5-7,10-12H2,1-2H3. The lowest BCUT2D eigenvalue weighted by Gasteiger charge is -2.39. The lowest BCUT2D eigenvalue weighted by Crippen LogP contribution is -2.52. The molecular weight excluding hydrogens is 332 g/mol. The van der Waals surface area contributed by atoms with Gasteiger partial charge in [-0.2, -0.15) is 0 Å². The first kappa shape index (κ1) is 17.1. The quantitative estimate of drug-likeness (QED) is 0.817. The van der Waals surface area contributed by atoms with Crippen LogP contribution in [0.1, 0.15) is 50.7 Å². The van der Waals surface area contributed by atoms with E-state index in [2.05, 4.69) is 0 Å². The number of hydrogen-bond acceptors (Lipinski definition) is 4. The van der Waals surface area contributed by atoms with Gasteiger partial charge in [0.05, 0.1) is 0 Å². The topological polar surface area (TPSA) is 66.9 Å². The molecule has 0 radical (unpaired) electrons. The van der Waals surface area contributed by atoms with E-state index in [0.717, 1.165) is 35.3 Å². The molecular formula is C20H24N2O4. The molecule has 2 saturated heterocycles. The zero-order chi connectivity index (χ0) is 18.5. The molecule has 4 rings (SSSR count). The number of likely N-dealkylation sites (tertiary alicyclic amines) is 1. The minimum Gasteiger partial charge on any atom is -0.427 e. The van der Waals surface area contributed by atoms with E-state index in [1.807, 2.05) is 43.0 Å². The second-order valence-corrected chi connectivity index (χ2v) is 7.67. The summed E-state index contributed by atoms with van der Waals surface area (Å²) in [6, 6.07) is 7.81. The number of nitrogens with zero attached hydrogens (tertiary/aromatic N) is 2. The van der Waals surface area contributed by atoms with Crippen LogP contribution in [-0.2, 0) is 26.3 Å². The van der Waals surface area contributed by atoms with Crippen LogP contribution in [-0.4, -0.2) is 46.3 Å². The van der Waals surface area contributed by atoms with E-state index in [-0.39, 0.29) is 24.5 Å². The van der Waals surface area contributed by atoms with Gasteiger partial charge >= 0.3 is 6.09 Å². The van der Waals surface area contributed by atoms with Crippen LogP contribution in [0.5, 0.6) is 0 Å². The summed E-state index contributed by atoms with van der Waals surface area (Å²) in [5, 5.41) is 0. The molecule has 2 heterocycles. The molecule has 1 aromatic carbocycles. The van der Waals surface area contributed by atoms with Crippen molar-refractivity contribution in [2.75, 3.05) is 6.54 Å². The molecule has 138 valence electrons. The van der Waals surface area contributed by atoms with Crippen LogP contribution in [0.3, 0.4) is 0 Å².